The fraction of sp³-hybridized carbons (Fsp3) is 0.448. The van der Waals surface area contributed by atoms with E-state index in [1.165, 1.54) is 5.56 Å². The highest BCUT2D eigenvalue weighted by atomic mass is 16.5. The molecular weight excluding hydrogens is 454 g/mol. The maximum atomic E-state index is 13.2. The van der Waals surface area contributed by atoms with Crippen molar-refractivity contribution in [2.24, 2.45) is 5.92 Å². The van der Waals surface area contributed by atoms with Gasteiger partial charge in [-0.15, -0.1) is 0 Å². The molecule has 7 heteroatoms. The zero-order chi connectivity index (χ0) is 25.1. The third-order valence-electron chi connectivity index (χ3n) is 7.05. The predicted octanol–water partition coefficient (Wildman–Crippen LogP) is 4.70. The summed E-state index contributed by atoms with van der Waals surface area (Å²) in [4.78, 5) is 15.1. The molecular formula is C29H35N3O4. The van der Waals surface area contributed by atoms with Gasteiger partial charge < -0.3 is 19.1 Å². The van der Waals surface area contributed by atoms with Crippen molar-refractivity contribution in [3.05, 3.63) is 65.0 Å². The first kappa shape index (κ1) is 24.4. The Morgan fingerprint density at radius 1 is 1.14 bits per heavy atom. The maximum Gasteiger partial charge on any atom is 0.224 e. The first-order valence-electron chi connectivity index (χ1n) is 12.8. The summed E-state index contributed by atoms with van der Waals surface area (Å²) in [5.74, 6) is 1.99. The molecule has 5 rings (SSSR count). The van der Waals surface area contributed by atoms with E-state index >= 15 is 0 Å². The molecule has 1 saturated heterocycles. The second-order valence-electron chi connectivity index (χ2n) is 9.88. The van der Waals surface area contributed by atoms with Crippen LogP contribution in [0.3, 0.4) is 0 Å². The normalized spacial score (nSPS) is 17.4. The van der Waals surface area contributed by atoms with Gasteiger partial charge in [-0.25, -0.2) is 0 Å². The minimum atomic E-state index is 0.103. The number of carbonyl (C=O) groups excluding carboxylic acids is 1. The van der Waals surface area contributed by atoms with Gasteiger partial charge in [0, 0.05) is 43.3 Å². The van der Waals surface area contributed by atoms with E-state index < -0.39 is 0 Å². The molecule has 2 aliphatic heterocycles. The quantitative estimate of drug-likeness (QED) is 0.481. The van der Waals surface area contributed by atoms with Crippen LogP contribution in [-0.4, -0.2) is 53.6 Å². The molecule has 1 fully saturated rings. The third kappa shape index (κ3) is 5.41. The van der Waals surface area contributed by atoms with Crippen LogP contribution in [0, 0.1) is 26.7 Å². The van der Waals surface area contributed by atoms with Crippen LogP contribution in [0.1, 0.15) is 35.4 Å². The SMILES string of the molecule is Cc1cc(C)n(CCC(=O)N2CCOc3c(cc(-c4ccccc4C)cc3OC[C@H]3CCOC3)C2)n1. The number of amides is 1. The minimum Gasteiger partial charge on any atom is -0.489 e. The summed E-state index contributed by atoms with van der Waals surface area (Å²) in [5.41, 5.74) is 6.44. The van der Waals surface area contributed by atoms with Crippen molar-refractivity contribution < 1.29 is 19.0 Å². The topological polar surface area (TPSA) is 65.8 Å². The number of aryl methyl sites for hydroxylation is 4. The molecule has 7 nitrogen and oxygen atoms in total. The summed E-state index contributed by atoms with van der Waals surface area (Å²) >= 11 is 0. The van der Waals surface area contributed by atoms with Crippen LogP contribution in [0.4, 0.5) is 0 Å². The van der Waals surface area contributed by atoms with Crippen LogP contribution in [0.25, 0.3) is 11.1 Å². The number of aromatic nitrogens is 2. The minimum absolute atomic E-state index is 0.103. The van der Waals surface area contributed by atoms with Gasteiger partial charge in [0.15, 0.2) is 11.5 Å². The Morgan fingerprint density at radius 2 is 2.00 bits per heavy atom. The molecule has 0 N–H and O–H groups in total. The summed E-state index contributed by atoms with van der Waals surface area (Å²) in [6.07, 6.45) is 1.41. The Labute approximate surface area is 213 Å². The molecule has 36 heavy (non-hydrogen) atoms. The number of nitrogens with zero attached hydrogens (tertiary/aromatic N) is 3. The Bertz CT molecular complexity index is 1230. The molecule has 0 aliphatic carbocycles. The standard InChI is InChI=1S/C29H35N3O4/c1-20-6-4-5-7-26(20)24-15-25-17-31(28(33)8-10-32-22(3)14-21(2)30-32)11-13-35-29(25)27(16-24)36-19-23-9-12-34-18-23/h4-7,14-16,23H,8-13,17-19H2,1-3H3/t23-/m0/s1. The molecule has 1 atom stereocenters. The Hall–Kier alpha value is -3.32. The van der Waals surface area contributed by atoms with Crippen molar-refractivity contribution in [3.8, 4) is 22.6 Å². The van der Waals surface area contributed by atoms with Crippen molar-refractivity contribution in [3.63, 3.8) is 0 Å². The van der Waals surface area contributed by atoms with E-state index in [4.69, 9.17) is 14.2 Å². The Morgan fingerprint density at radius 3 is 2.75 bits per heavy atom. The number of carbonyl (C=O) groups is 1. The van der Waals surface area contributed by atoms with E-state index in [9.17, 15) is 4.79 Å². The molecule has 1 aromatic heterocycles. The van der Waals surface area contributed by atoms with Gasteiger partial charge in [0.05, 0.1) is 25.5 Å². The van der Waals surface area contributed by atoms with Gasteiger partial charge in [0.2, 0.25) is 5.91 Å². The van der Waals surface area contributed by atoms with Crippen molar-refractivity contribution in [1.82, 2.24) is 14.7 Å². The van der Waals surface area contributed by atoms with Crippen molar-refractivity contribution in [2.75, 3.05) is 33.0 Å². The van der Waals surface area contributed by atoms with E-state index in [1.54, 1.807) is 0 Å². The van der Waals surface area contributed by atoms with E-state index in [0.29, 0.717) is 45.2 Å². The van der Waals surface area contributed by atoms with E-state index in [-0.39, 0.29) is 5.91 Å². The van der Waals surface area contributed by atoms with Crippen molar-refractivity contribution in [2.45, 2.75) is 46.7 Å². The second-order valence-corrected chi connectivity index (χ2v) is 9.88. The number of ether oxygens (including phenoxy) is 3. The van der Waals surface area contributed by atoms with Gasteiger partial charge in [-0.05, 0) is 62.1 Å². The van der Waals surface area contributed by atoms with E-state index in [1.807, 2.05) is 35.6 Å². The number of hydrogen-bond acceptors (Lipinski definition) is 5. The molecule has 2 aromatic carbocycles. The highest BCUT2D eigenvalue weighted by Gasteiger charge is 2.25. The molecule has 190 valence electrons. The largest absolute Gasteiger partial charge is 0.489 e. The zero-order valence-corrected chi connectivity index (χ0v) is 21.5. The fourth-order valence-corrected chi connectivity index (χ4v) is 5.04. The van der Waals surface area contributed by atoms with Crippen molar-refractivity contribution in [1.29, 1.82) is 0 Å². The van der Waals surface area contributed by atoms with Crippen molar-refractivity contribution >= 4 is 5.91 Å². The average molecular weight is 490 g/mol. The molecule has 0 unspecified atom stereocenters. The molecule has 0 radical (unpaired) electrons. The molecule has 0 spiro atoms. The Kier molecular flexibility index (Phi) is 7.28. The number of fused-ring (bicyclic) bond motifs is 1. The molecule has 3 aromatic rings. The summed E-state index contributed by atoms with van der Waals surface area (Å²) < 4.78 is 20.0. The summed E-state index contributed by atoms with van der Waals surface area (Å²) in [6.45, 7) is 10.3. The number of rotatable bonds is 7. The predicted molar refractivity (Wildman–Crippen MR) is 138 cm³/mol. The van der Waals surface area contributed by atoms with Crippen LogP contribution in [-0.2, 0) is 22.6 Å². The molecule has 1 amide bonds. The summed E-state index contributed by atoms with van der Waals surface area (Å²) in [5, 5.41) is 4.50. The second kappa shape index (κ2) is 10.7. The Balaban J connectivity index is 1.40. The smallest absolute Gasteiger partial charge is 0.224 e. The average Bonchev–Trinajstić information content (AvgIpc) is 3.43. The first-order valence-corrected chi connectivity index (χ1v) is 12.8. The fourth-order valence-electron chi connectivity index (χ4n) is 5.04. The van der Waals surface area contributed by atoms with Gasteiger partial charge in [-0.2, -0.15) is 5.10 Å². The van der Waals surface area contributed by atoms with Crippen LogP contribution in [0.5, 0.6) is 11.5 Å². The first-order chi connectivity index (χ1) is 17.5. The van der Waals surface area contributed by atoms with Crippen LogP contribution >= 0.6 is 0 Å². The summed E-state index contributed by atoms with van der Waals surface area (Å²) in [7, 11) is 0. The van der Waals surface area contributed by atoms with Gasteiger partial charge in [0.25, 0.3) is 0 Å². The van der Waals surface area contributed by atoms with Crippen LogP contribution in [0.2, 0.25) is 0 Å². The monoisotopic (exact) mass is 489 g/mol. The zero-order valence-electron chi connectivity index (χ0n) is 21.5. The molecule has 2 aliphatic rings. The lowest BCUT2D eigenvalue weighted by atomic mass is 9.97. The number of hydrogen-bond donors (Lipinski definition) is 0. The summed E-state index contributed by atoms with van der Waals surface area (Å²) in [6, 6.07) is 14.6. The van der Waals surface area contributed by atoms with Gasteiger partial charge >= 0.3 is 0 Å². The van der Waals surface area contributed by atoms with E-state index in [0.717, 1.165) is 59.2 Å². The van der Waals surface area contributed by atoms with E-state index in [2.05, 4.69) is 42.4 Å². The maximum absolute atomic E-state index is 13.2. The molecule has 3 heterocycles. The van der Waals surface area contributed by atoms with Crippen LogP contribution in [0.15, 0.2) is 42.5 Å². The van der Waals surface area contributed by atoms with Gasteiger partial charge in [-0.1, -0.05) is 24.3 Å². The van der Waals surface area contributed by atoms with Gasteiger partial charge in [0.1, 0.15) is 6.61 Å². The highest BCUT2D eigenvalue weighted by molar-refractivity contribution is 5.77. The number of benzene rings is 2. The molecule has 0 bridgehead atoms. The lowest BCUT2D eigenvalue weighted by Crippen LogP contribution is -2.33. The van der Waals surface area contributed by atoms with Gasteiger partial charge in [-0.3, -0.25) is 9.48 Å². The third-order valence-corrected chi connectivity index (χ3v) is 7.05. The lowest BCUT2D eigenvalue weighted by Gasteiger charge is -2.21. The highest BCUT2D eigenvalue weighted by Crippen LogP contribution is 2.39. The molecule has 0 saturated carbocycles. The van der Waals surface area contributed by atoms with Crippen LogP contribution < -0.4 is 9.47 Å². The lowest BCUT2D eigenvalue weighted by molar-refractivity contribution is -0.132.